The van der Waals surface area contributed by atoms with Gasteiger partial charge in [0.15, 0.2) is 17.2 Å². The van der Waals surface area contributed by atoms with Crippen molar-refractivity contribution in [2.24, 2.45) is 5.92 Å². The van der Waals surface area contributed by atoms with E-state index in [1.165, 1.54) is 5.56 Å². The molecule has 10 nitrogen and oxygen atoms in total. The highest BCUT2D eigenvalue weighted by Gasteiger charge is 2.25. The van der Waals surface area contributed by atoms with Crippen LogP contribution in [-0.4, -0.2) is 71.7 Å². The highest BCUT2D eigenvalue weighted by Crippen LogP contribution is 2.29. The Morgan fingerprint density at radius 3 is 2.74 bits per heavy atom. The predicted octanol–water partition coefficient (Wildman–Crippen LogP) is 2.60. The van der Waals surface area contributed by atoms with Crippen LogP contribution in [0.1, 0.15) is 16.1 Å². The number of carbonyl (C=O) groups excluding carboxylic acids is 1. The largest absolute Gasteiger partial charge is 0.445 e. The summed E-state index contributed by atoms with van der Waals surface area (Å²) in [7, 11) is 0. The first-order chi connectivity index (χ1) is 17.1. The topological polar surface area (TPSA) is 108 Å². The van der Waals surface area contributed by atoms with E-state index in [4.69, 9.17) is 24.0 Å². The van der Waals surface area contributed by atoms with Crippen LogP contribution < -0.4 is 10.2 Å². The molecule has 5 heterocycles. The molecule has 1 amide bonds. The minimum atomic E-state index is -0.273. The van der Waals surface area contributed by atoms with Gasteiger partial charge < -0.3 is 24.1 Å². The number of morpholine rings is 1. The van der Waals surface area contributed by atoms with Crippen molar-refractivity contribution in [3.63, 3.8) is 0 Å². The van der Waals surface area contributed by atoms with Crippen molar-refractivity contribution in [3.05, 3.63) is 53.9 Å². The minimum absolute atomic E-state index is 0.210. The van der Waals surface area contributed by atoms with Crippen molar-refractivity contribution in [2.45, 2.75) is 6.92 Å². The molecule has 0 saturated carbocycles. The number of anilines is 1. The summed E-state index contributed by atoms with van der Waals surface area (Å²) in [6.45, 7) is 6.48. The van der Waals surface area contributed by atoms with Gasteiger partial charge in [-0.25, -0.2) is 9.67 Å². The molecule has 180 valence electrons. The maximum absolute atomic E-state index is 12.7. The molecule has 1 N–H and O–H groups in total. The lowest BCUT2D eigenvalue weighted by Gasteiger charge is -2.27. The number of nitrogens with zero attached hydrogens (tertiary/aromatic N) is 5. The van der Waals surface area contributed by atoms with Crippen LogP contribution in [0.2, 0.25) is 0 Å². The number of furan rings is 1. The molecule has 2 aliphatic heterocycles. The van der Waals surface area contributed by atoms with Gasteiger partial charge in [0, 0.05) is 43.4 Å². The Kier molecular flexibility index (Phi) is 5.67. The van der Waals surface area contributed by atoms with Crippen LogP contribution in [0.3, 0.4) is 0 Å². The van der Waals surface area contributed by atoms with Gasteiger partial charge in [-0.3, -0.25) is 4.79 Å². The third kappa shape index (κ3) is 4.38. The second-order valence-electron chi connectivity index (χ2n) is 8.90. The fourth-order valence-electron chi connectivity index (χ4n) is 4.23. The third-order valence-corrected chi connectivity index (χ3v) is 6.24. The van der Waals surface area contributed by atoms with Crippen LogP contribution >= 0.6 is 0 Å². The first kappa shape index (κ1) is 21.8. The SMILES string of the molecule is Cc1cccc(-c2ccn(-c3nc(N4CCOCC4)c4oc(C(=O)NCC5COC5)cc4n3)n2)c1. The molecule has 0 aliphatic carbocycles. The maximum atomic E-state index is 12.7. The number of ether oxygens (including phenoxy) is 2. The molecular weight excluding hydrogens is 448 g/mol. The summed E-state index contributed by atoms with van der Waals surface area (Å²) >= 11 is 0. The lowest BCUT2D eigenvalue weighted by atomic mass is 10.1. The fraction of sp³-hybridized carbons (Fsp3) is 0.360. The molecule has 2 fully saturated rings. The van der Waals surface area contributed by atoms with Crippen molar-refractivity contribution in [3.8, 4) is 17.2 Å². The molecule has 0 spiro atoms. The van der Waals surface area contributed by atoms with Gasteiger partial charge in [0.05, 0.1) is 32.1 Å². The summed E-state index contributed by atoms with van der Waals surface area (Å²) in [5, 5.41) is 7.64. The second-order valence-corrected chi connectivity index (χ2v) is 8.90. The van der Waals surface area contributed by atoms with E-state index >= 15 is 0 Å². The molecule has 0 atom stereocenters. The first-order valence-electron chi connectivity index (χ1n) is 11.8. The van der Waals surface area contributed by atoms with Gasteiger partial charge in [0.25, 0.3) is 11.9 Å². The fourth-order valence-corrected chi connectivity index (χ4v) is 4.23. The lowest BCUT2D eigenvalue weighted by molar-refractivity contribution is -0.0299. The first-order valence-corrected chi connectivity index (χ1v) is 11.8. The second kappa shape index (κ2) is 9.12. The Morgan fingerprint density at radius 2 is 1.97 bits per heavy atom. The number of amides is 1. The predicted molar refractivity (Wildman–Crippen MR) is 129 cm³/mol. The number of hydrogen-bond acceptors (Lipinski definition) is 8. The smallest absolute Gasteiger partial charge is 0.287 e. The van der Waals surface area contributed by atoms with Crippen LogP contribution in [0.4, 0.5) is 5.82 Å². The van der Waals surface area contributed by atoms with Gasteiger partial charge in [-0.2, -0.15) is 10.1 Å². The zero-order valence-electron chi connectivity index (χ0n) is 19.4. The summed E-state index contributed by atoms with van der Waals surface area (Å²) in [5.74, 6) is 1.33. The summed E-state index contributed by atoms with van der Waals surface area (Å²) in [6.07, 6.45) is 1.84. The van der Waals surface area contributed by atoms with E-state index in [-0.39, 0.29) is 11.7 Å². The Hall–Kier alpha value is -3.76. The number of aryl methyl sites for hydroxylation is 1. The highest BCUT2D eigenvalue weighted by atomic mass is 16.5. The molecule has 10 heteroatoms. The Labute approximate surface area is 201 Å². The molecular formula is C25H26N6O4. The highest BCUT2D eigenvalue weighted by molar-refractivity contribution is 5.97. The van der Waals surface area contributed by atoms with Gasteiger partial charge in [0.1, 0.15) is 5.52 Å². The van der Waals surface area contributed by atoms with Crippen molar-refractivity contribution in [1.82, 2.24) is 25.1 Å². The van der Waals surface area contributed by atoms with Crippen LogP contribution in [-0.2, 0) is 9.47 Å². The van der Waals surface area contributed by atoms with Crippen molar-refractivity contribution in [1.29, 1.82) is 0 Å². The molecule has 2 saturated heterocycles. The van der Waals surface area contributed by atoms with E-state index < -0.39 is 0 Å². The van der Waals surface area contributed by atoms with Gasteiger partial charge >= 0.3 is 0 Å². The van der Waals surface area contributed by atoms with Crippen LogP contribution in [0.15, 0.2) is 47.0 Å². The van der Waals surface area contributed by atoms with Gasteiger partial charge in [-0.1, -0.05) is 23.8 Å². The van der Waals surface area contributed by atoms with Gasteiger partial charge in [-0.05, 0) is 19.1 Å². The van der Waals surface area contributed by atoms with Crippen LogP contribution in [0.25, 0.3) is 28.3 Å². The maximum Gasteiger partial charge on any atom is 0.287 e. The molecule has 1 aromatic carbocycles. The number of carbonyl (C=O) groups is 1. The lowest BCUT2D eigenvalue weighted by Crippen LogP contribution is -2.39. The Balaban J connectivity index is 1.36. The number of benzene rings is 1. The standard InChI is InChI=1S/C25H26N6O4/c1-16-3-2-4-18(11-16)19-5-6-31(29-19)25-27-20-12-21(24(32)26-13-17-14-34-15-17)35-22(20)23(28-25)30-7-9-33-10-8-30/h2-6,11-12,17H,7-10,13-15H2,1H3,(H,26,32). The van der Waals surface area contributed by atoms with Gasteiger partial charge in [-0.15, -0.1) is 0 Å². The molecule has 6 rings (SSSR count). The number of fused-ring (bicyclic) bond motifs is 1. The molecule has 0 radical (unpaired) electrons. The van der Waals surface area contributed by atoms with Crippen molar-refractivity contribution in [2.75, 3.05) is 51.0 Å². The van der Waals surface area contributed by atoms with E-state index in [1.807, 2.05) is 24.4 Å². The van der Waals surface area contributed by atoms with E-state index in [0.717, 1.165) is 11.3 Å². The van der Waals surface area contributed by atoms with E-state index in [2.05, 4.69) is 34.3 Å². The van der Waals surface area contributed by atoms with Crippen molar-refractivity contribution < 1.29 is 18.7 Å². The average molecular weight is 475 g/mol. The summed E-state index contributed by atoms with van der Waals surface area (Å²) in [6, 6.07) is 11.8. The molecule has 35 heavy (non-hydrogen) atoms. The summed E-state index contributed by atoms with van der Waals surface area (Å²) in [5.41, 5.74) is 4.06. The molecule has 2 aliphatic rings. The van der Waals surface area contributed by atoms with Gasteiger partial charge in [0.2, 0.25) is 0 Å². The summed E-state index contributed by atoms with van der Waals surface area (Å²) in [4.78, 5) is 24.3. The van der Waals surface area contributed by atoms with E-state index in [0.29, 0.717) is 74.8 Å². The van der Waals surface area contributed by atoms with Crippen molar-refractivity contribution >= 4 is 22.8 Å². The van der Waals surface area contributed by atoms with E-state index in [9.17, 15) is 4.79 Å². The van der Waals surface area contributed by atoms with Crippen LogP contribution in [0.5, 0.6) is 0 Å². The average Bonchev–Trinajstić information content (AvgIpc) is 3.51. The summed E-state index contributed by atoms with van der Waals surface area (Å²) < 4.78 is 18.3. The molecule has 3 aromatic heterocycles. The third-order valence-electron chi connectivity index (χ3n) is 6.24. The Bertz CT molecular complexity index is 1370. The normalized spacial score (nSPS) is 16.4. The zero-order chi connectivity index (χ0) is 23.8. The number of rotatable bonds is 6. The molecule has 0 unspecified atom stereocenters. The molecule has 4 aromatic rings. The van der Waals surface area contributed by atoms with Crippen LogP contribution in [0, 0.1) is 12.8 Å². The number of nitrogens with one attached hydrogen (secondary N) is 1. The monoisotopic (exact) mass is 474 g/mol. The quantitative estimate of drug-likeness (QED) is 0.454. The zero-order valence-corrected chi connectivity index (χ0v) is 19.4. The minimum Gasteiger partial charge on any atom is -0.445 e. The molecule has 0 bridgehead atoms. The number of aromatic nitrogens is 4. The van der Waals surface area contributed by atoms with E-state index in [1.54, 1.807) is 10.7 Å². The number of hydrogen-bond donors (Lipinski definition) is 1. The Morgan fingerprint density at radius 1 is 1.11 bits per heavy atom.